The Morgan fingerprint density at radius 3 is 2.59 bits per heavy atom. The van der Waals surface area contributed by atoms with Gasteiger partial charge in [0, 0.05) is 19.1 Å². The van der Waals surface area contributed by atoms with Crippen molar-refractivity contribution in [3.63, 3.8) is 0 Å². The van der Waals surface area contributed by atoms with Crippen LogP contribution in [-0.2, 0) is 6.42 Å². The summed E-state index contributed by atoms with van der Waals surface area (Å²) in [5, 5.41) is 3.45. The van der Waals surface area contributed by atoms with Crippen molar-refractivity contribution in [2.75, 3.05) is 27.2 Å². The zero-order chi connectivity index (χ0) is 12.1. The third-order valence-corrected chi connectivity index (χ3v) is 3.70. The van der Waals surface area contributed by atoms with Crippen LogP contribution in [0.4, 0.5) is 0 Å². The molecule has 2 rings (SSSR count). The largest absolute Gasteiger partial charge is 0.315 e. The molecule has 0 radical (unpaired) electrons. The highest BCUT2D eigenvalue weighted by Crippen LogP contribution is 2.32. The van der Waals surface area contributed by atoms with Crippen LogP contribution in [0.1, 0.15) is 18.4 Å². The summed E-state index contributed by atoms with van der Waals surface area (Å²) in [4.78, 5) is 2.45. The number of rotatable bonds is 7. The standard InChI is InChI=1S/C15H24N2/c1-16-15(14-8-9-14)12-17(2)11-10-13-6-4-3-5-7-13/h3-7,14-16H,8-12H2,1-2H3. The highest BCUT2D eigenvalue weighted by Gasteiger charge is 2.30. The molecular weight excluding hydrogens is 208 g/mol. The lowest BCUT2D eigenvalue weighted by molar-refractivity contribution is 0.283. The van der Waals surface area contributed by atoms with E-state index in [1.807, 2.05) is 0 Å². The summed E-state index contributed by atoms with van der Waals surface area (Å²) in [7, 11) is 4.32. The Bertz CT molecular complexity index is 319. The van der Waals surface area contributed by atoms with E-state index >= 15 is 0 Å². The first-order valence-corrected chi connectivity index (χ1v) is 6.69. The third kappa shape index (κ3) is 4.14. The van der Waals surface area contributed by atoms with Crippen molar-refractivity contribution >= 4 is 0 Å². The maximum Gasteiger partial charge on any atom is 0.0220 e. The van der Waals surface area contributed by atoms with Gasteiger partial charge in [0.05, 0.1) is 0 Å². The second-order valence-electron chi connectivity index (χ2n) is 5.23. The summed E-state index contributed by atoms with van der Waals surface area (Å²) < 4.78 is 0. The fourth-order valence-corrected chi connectivity index (χ4v) is 2.37. The third-order valence-electron chi connectivity index (χ3n) is 3.70. The van der Waals surface area contributed by atoms with Crippen LogP contribution in [0.5, 0.6) is 0 Å². The topological polar surface area (TPSA) is 15.3 Å². The Balaban J connectivity index is 1.71. The highest BCUT2D eigenvalue weighted by molar-refractivity contribution is 5.14. The van der Waals surface area contributed by atoms with Gasteiger partial charge in [-0.2, -0.15) is 0 Å². The summed E-state index contributed by atoms with van der Waals surface area (Å²) >= 11 is 0. The Hall–Kier alpha value is -0.860. The molecule has 1 unspecified atom stereocenters. The molecule has 2 heteroatoms. The van der Waals surface area contributed by atoms with Crippen LogP contribution in [0.3, 0.4) is 0 Å². The number of nitrogens with zero attached hydrogens (tertiary/aromatic N) is 1. The van der Waals surface area contributed by atoms with E-state index < -0.39 is 0 Å². The van der Waals surface area contributed by atoms with Gasteiger partial charge in [0.15, 0.2) is 0 Å². The first-order chi connectivity index (χ1) is 8.29. The van der Waals surface area contributed by atoms with E-state index in [1.165, 1.54) is 24.9 Å². The molecule has 0 aromatic heterocycles. The van der Waals surface area contributed by atoms with E-state index in [2.05, 4.69) is 54.6 Å². The van der Waals surface area contributed by atoms with E-state index in [1.54, 1.807) is 0 Å². The summed E-state index contributed by atoms with van der Waals surface area (Å²) in [6, 6.07) is 11.4. The number of nitrogens with one attached hydrogen (secondary N) is 1. The zero-order valence-corrected chi connectivity index (χ0v) is 11.0. The molecule has 1 aliphatic carbocycles. The molecule has 1 atom stereocenters. The minimum absolute atomic E-state index is 0.691. The monoisotopic (exact) mass is 232 g/mol. The van der Waals surface area contributed by atoms with Crippen molar-refractivity contribution in [3.8, 4) is 0 Å². The lowest BCUT2D eigenvalue weighted by atomic mass is 10.1. The number of hydrogen-bond acceptors (Lipinski definition) is 2. The van der Waals surface area contributed by atoms with Gasteiger partial charge in [0.25, 0.3) is 0 Å². The average molecular weight is 232 g/mol. The van der Waals surface area contributed by atoms with Gasteiger partial charge >= 0.3 is 0 Å². The van der Waals surface area contributed by atoms with Gasteiger partial charge in [-0.05, 0) is 44.8 Å². The molecular formula is C15H24N2. The van der Waals surface area contributed by atoms with E-state index in [-0.39, 0.29) is 0 Å². The molecule has 0 amide bonds. The van der Waals surface area contributed by atoms with Crippen LogP contribution in [0.15, 0.2) is 30.3 Å². The van der Waals surface area contributed by atoms with Crippen molar-refractivity contribution < 1.29 is 0 Å². The van der Waals surface area contributed by atoms with E-state index in [9.17, 15) is 0 Å². The highest BCUT2D eigenvalue weighted by atomic mass is 15.1. The smallest absolute Gasteiger partial charge is 0.0220 e. The number of benzene rings is 1. The quantitative estimate of drug-likeness (QED) is 0.775. The average Bonchev–Trinajstić information content (AvgIpc) is 3.19. The van der Waals surface area contributed by atoms with Gasteiger partial charge in [-0.25, -0.2) is 0 Å². The maximum absolute atomic E-state index is 3.45. The molecule has 1 aromatic carbocycles. The Kier molecular flexibility index (Phi) is 4.57. The molecule has 1 N–H and O–H groups in total. The predicted molar refractivity (Wildman–Crippen MR) is 73.2 cm³/mol. The molecule has 0 bridgehead atoms. The lowest BCUT2D eigenvalue weighted by Crippen LogP contribution is -2.39. The van der Waals surface area contributed by atoms with Gasteiger partial charge in [-0.3, -0.25) is 0 Å². The fourth-order valence-electron chi connectivity index (χ4n) is 2.37. The first-order valence-electron chi connectivity index (χ1n) is 6.69. The van der Waals surface area contributed by atoms with Crippen LogP contribution >= 0.6 is 0 Å². The first kappa shape index (κ1) is 12.6. The Labute approximate surface area is 105 Å². The normalized spacial score (nSPS) is 17.4. The van der Waals surface area contributed by atoms with E-state index in [0.29, 0.717) is 6.04 Å². The SMILES string of the molecule is CNC(CN(C)CCc1ccccc1)C1CC1. The maximum atomic E-state index is 3.45. The molecule has 0 heterocycles. The van der Waals surface area contributed by atoms with Crippen molar-refractivity contribution in [2.45, 2.75) is 25.3 Å². The zero-order valence-electron chi connectivity index (χ0n) is 11.0. The van der Waals surface area contributed by atoms with E-state index in [4.69, 9.17) is 0 Å². The number of hydrogen-bond donors (Lipinski definition) is 1. The van der Waals surface area contributed by atoms with E-state index in [0.717, 1.165) is 18.9 Å². The number of likely N-dealkylation sites (N-methyl/N-ethyl adjacent to an activating group) is 2. The second-order valence-corrected chi connectivity index (χ2v) is 5.23. The molecule has 2 nitrogen and oxygen atoms in total. The molecule has 0 spiro atoms. The molecule has 17 heavy (non-hydrogen) atoms. The van der Waals surface area contributed by atoms with Crippen LogP contribution < -0.4 is 5.32 Å². The van der Waals surface area contributed by atoms with Crippen LogP contribution in [0.25, 0.3) is 0 Å². The molecule has 0 aliphatic heterocycles. The van der Waals surface area contributed by atoms with Crippen LogP contribution in [0, 0.1) is 5.92 Å². The minimum atomic E-state index is 0.691. The van der Waals surface area contributed by atoms with Gasteiger partial charge in [-0.15, -0.1) is 0 Å². The molecule has 94 valence electrons. The summed E-state index contributed by atoms with van der Waals surface area (Å²) in [5.41, 5.74) is 1.44. The lowest BCUT2D eigenvalue weighted by Gasteiger charge is -2.23. The summed E-state index contributed by atoms with van der Waals surface area (Å²) in [6.07, 6.45) is 3.98. The molecule has 1 saturated carbocycles. The van der Waals surface area contributed by atoms with Gasteiger partial charge < -0.3 is 10.2 Å². The second kappa shape index (κ2) is 6.18. The molecule has 1 aliphatic rings. The Morgan fingerprint density at radius 2 is 2.00 bits per heavy atom. The fraction of sp³-hybridized carbons (Fsp3) is 0.600. The molecule has 1 fully saturated rings. The van der Waals surface area contributed by atoms with Crippen LogP contribution in [0.2, 0.25) is 0 Å². The summed E-state index contributed by atoms with van der Waals surface area (Å²) in [5.74, 6) is 0.930. The van der Waals surface area contributed by atoms with Crippen molar-refractivity contribution in [1.29, 1.82) is 0 Å². The molecule has 1 aromatic rings. The summed E-state index contributed by atoms with van der Waals surface area (Å²) in [6.45, 7) is 2.32. The van der Waals surface area contributed by atoms with Crippen molar-refractivity contribution in [1.82, 2.24) is 10.2 Å². The van der Waals surface area contributed by atoms with Gasteiger partial charge in [0.1, 0.15) is 0 Å². The molecule has 0 saturated heterocycles. The van der Waals surface area contributed by atoms with Gasteiger partial charge in [-0.1, -0.05) is 30.3 Å². The van der Waals surface area contributed by atoms with Crippen molar-refractivity contribution in [2.24, 2.45) is 5.92 Å². The van der Waals surface area contributed by atoms with Crippen molar-refractivity contribution in [3.05, 3.63) is 35.9 Å². The Morgan fingerprint density at radius 1 is 1.29 bits per heavy atom. The van der Waals surface area contributed by atoms with Crippen LogP contribution in [-0.4, -0.2) is 38.1 Å². The minimum Gasteiger partial charge on any atom is -0.315 e. The van der Waals surface area contributed by atoms with Gasteiger partial charge in [0.2, 0.25) is 0 Å². The predicted octanol–water partition coefficient (Wildman–Crippen LogP) is 2.16.